The van der Waals surface area contributed by atoms with Gasteiger partial charge in [0.15, 0.2) is 0 Å². The van der Waals surface area contributed by atoms with Gasteiger partial charge >= 0.3 is 12.2 Å². The monoisotopic (exact) mass is 704 g/mol. The second-order valence-electron chi connectivity index (χ2n) is 13.7. The van der Waals surface area contributed by atoms with Gasteiger partial charge in [0.05, 0.1) is 36.0 Å². The number of aliphatic hydroxyl groups is 1. The van der Waals surface area contributed by atoms with Gasteiger partial charge in [0.25, 0.3) is 5.91 Å². The average Bonchev–Trinajstić information content (AvgIpc) is 3.09. The minimum absolute atomic E-state index is 0.0621. The van der Waals surface area contributed by atoms with Gasteiger partial charge in [0.2, 0.25) is 5.91 Å². The van der Waals surface area contributed by atoms with E-state index < -0.39 is 29.9 Å². The second kappa shape index (κ2) is 17.9. The van der Waals surface area contributed by atoms with Crippen molar-refractivity contribution in [2.24, 2.45) is 11.8 Å². The molecule has 2 aliphatic rings. The van der Waals surface area contributed by atoms with Gasteiger partial charge in [0, 0.05) is 50.0 Å². The Morgan fingerprint density at radius 3 is 2.30 bits per heavy atom. The number of benzene rings is 2. The number of nitrogens with zero attached hydrogens (tertiary/aromatic N) is 2. The molecule has 4 rings (SSSR count). The summed E-state index contributed by atoms with van der Waals surface area (Å²) in [5.74, 6) is -0.421. The van der Waals surface area contributed by atoms with Crippen molar-refractivity contribution in [2.45, 2.75) is 96.6 Å². The van der Waals surface area contributed by atoms with E-state index in [-0.39, 0.29) is 60.7 Å². The summed E-state index contributed by atoms with van der Waals surface area (Å²) < 4.78 is 51.6. The number of ether oxygens (including phenoxy) is 2. The van der Waals surface area contributed by atoms with E-state index in [0.717, 1.165) is 57.1 Å². The molecule has 1 aliphatic heterocycles. The highest BCUT2D eigenvalue weighted by molar-refractivity contribution is 6.00. The number of aliphatic hydroxyl groups excluding tert-OH is 1. The Hall–Kier alpha value is -3.84. The number of likely N-dealkylation sites (N-methyl/N-ethyl adjacent to an activating group) is 1. The summed E-state index contributed by atoms with van der Waals surface area (Å²) in [6.45, 7) is 5.99. The van der Waals surface area contributed by atoms with Crippen LogP contribution in [0, 0.1) is 11.8 Å². The number of rotatable bonds is 7. The molecule has 0 saturated heterocycles. The Balaban J connectivity index is 1.55. The number of fused-ring (bicyclic) bond motifs is 1. The molecule has 2 aromatic carbocycles. The van der Waals surface area contributed by atoms with Crippen LogP contribution in [0.3, 0.4) is 0 Å². The molecule has 3 N–H and O–H groups in total. The van der Waals surface area contributed by atoms with E-state index in [2.05, 4.69) is 10.6 Å². The number of carbonyl (C=O) groups is 3. The van der Waals surface area contributed by atoms with Gasteiger partial charge in [-0.3, -0.25) is 9.59 Å². The topological polar surface area (TPSA) is 120 Å². The zero-order valence-electron chi connectivity index (χ0n) is 29.4. The first-order valence-corrected chi connectivity index (χ1v) is 17.6. The summed E-state index contributed by atoms with van der Waals surface area (Å²) in [6.07, 6.45) is 1.84. The SMILES string of the molecule is C[C@@H]1CN([C@H](C)CO)C(=O)c2cc(NC(=O)C3CCCCC3)ccc2O[C@@H](C)CCCCO[C@H]1CN(C)C(=O)Nc1ccc(C(F)(F)F)cc1. The van der Waals surface area contributed by atoms with E-state index in [1.807, 2.05) is 13.8 Å². The highest BCUT2D eigenvalue weighted by atomic mass is 19.4. The van der Waals surface area contributed by atoms with Crippen molar-refractivity contribution in [1.82, 2.24) is 9.80 Å². The summed E-state index contributed by atoms with van der Waals surface area (Å²) in [4.78, 5) is 43.5. The second-order valence-corrected chi connectivity index (χ2v) is 13.7. The normalized spacial score (nSPS) is 22.0. The Labute approximate surface area is 292 Å². The van der Waals surface area contributed by atoms with Crippen molar-refractivity contribution < 1.29 is 42.1 Å². The number of alkyl halides is 3. The van der Waals surface area contributed by atoms with Crippen LogP contribution in [-0.2, 0) is 15.7 Å². The molecular weight excluding hydrogens is 653 g/mol. The number of nitrogens with one attached hydrogen (secondary N) is 2. The van der Waals surface area contributed by atoms with Crippen LogP contribution in [0.15, 0.2) is 42.5 Å². The van der Waals surface area contributed by atoms with Gasteiger partial charge in [0.1, 0.15) is 5.75 Å². The minimum Gasteiger partial charge on any atom is -0.490 e. The van der Waals surface area contributed by atoms with Gasteiger partial charge in [-0.05, 0) is 88.4 Å². The fraction of sp³-hybridized carbons (Fsp3) is 0.595. The molecule has 4 amide bonds. The van der Waals surface area contributed by atoms with Crippen LogP contribution in [0.2, 0.25) is 0 Å². The Kier molecular flexibility index (Phi) is 13.9. The van der Waals surface area contributed by atoms with E-state index in [0.29, 0.717) is 24.5 Å². The molecule has 13 heteroatoms. The smallest absolute Gasteiger partial charge is 0.416 e. The molecule has 0 unspecified atom stereocenters. The summed E-state index contributed by atoms with van der Waals surface area (Å²) in [5, 5.41) is 15.9. The molecule has 0 bridgehead atoms. The van der Waals surface area contributed by atoms with Crippen LogP contribution in [0.25, 0.3) is 0 Å². The predicted octanol–water partition coefficient (Wildman–Crippen LogP) is 7.18. The fourth-order valence-corrected chi connectivity index (χ4v) is 6.39. The number of amides is 4. The molecule has 0 aromatic heterocycles. The lowest BCUT2D eigenvalue weighted by molar-refractivity contribution is -0.137. The molecule has 10 nitrogen and oxygen atoms in total. The zero-order valence-corrected chi connectivity index (χ0v) is 29.4. The van der Waals surface area contributed by atoms with Crippen molar-refractivity contribution in [2.75, 3.05) is 44.0 Å². The third kappa shape index (κ3) is 10.8. The first-order valence-electron chi connectivity index (χ1n) is 17.6. The van der Waals surface area contributed by atoms with E-state index in [1.54, 1.807) is 37.1 Å². The molecule has 1 saturated carbocycles. The number of urea groups is 1. The van der Waals surface area contributed by atoms with Crippen LogP contribution < -0.4 is 15.4 Å². The highest BCUT2D eigenvalue weighted by Crippen LogP contribution is 2.31. The van der Waals surface area contributed by atoms with Crippen molar-refractivity contribution in [3.63, 3.8) is 0 Å². The average molecular weight is 705 g/mol. The summed E-state index contributed by atoms with van der Waals surface area (Å²) in [5.41, 5.74) is 0.170. The standard InChI is InChI=1S/C37H51F3N4O6/c1-24-21-44(25(2)23-45)35(47)31-20-30(41-34(46)27-11-6-5-7-12-27)17-18-32(31)50-26(3)10-8-9-19-49-33(24)22-43(4)36(48)42-29-15-13-28(14-16-29)37(38,39)40/h13-18,20,24-27,33,45H,5-12,19,21-23H2,1-4H3,(H,41,46)(H,42,48)/t24-,25-,26+,33+/m1/s1. The van der Waals surface area contributed by atoms with E-state index >= 15 is 0 Å². The van der Waals surface area contributed by atoms with Crippen molar-refractivity contribution >= 4 is 29.2 Å². The van der Waals surface area contributed by atoms with Gasteiger partial charge in [-0.1, -0.05) is 26.2 Å². The van der Waals surface area contributed by atoms with Crippen molar-refractivity contribution in [3.05, 3.63) is 53.6 Å². The first-order chi connectivity index (χ1) is 23.8. The zero-order chi connectivity index (χ0) is 36.4. The molecule has 2 aromatic rings. The number of hydrogen-bond acceptors (Lipinski definition) is 6. The highest BCUT2D eigenvalue weighted by Gasteiger charge is 2.32. The van der Waals surface area contributed by atoms with Crippen LogP contribution in [-0.4, -0.2) is 84.4 Å². The molecule has 4 atom stereocenters. The molecule has 0 radical (unpaired) electrons. The van der Waals surface area contributed by atoms with E-state index in [1.165, 1.54) is 17.0 Å². The number of halogens is 3. The fourth-order valence-electron chi connectivity index (χ4n) is 6.39. The molecule has 1 fully saturated rings. The molecule has 1 aliphatic carbocycles. The lowest BCUT2D eigenvalue weighted by atomic mass is 9.88. The molecule has 1 heterocycles. The van der Waals surface area contributed by atoms with E-state index in [9.17, 15) is 32.7 Å². The van der Waals surface area contributed by atoms with Gasteiger partial charge in [-0.15, -0.1) is 0 Å². The molecule has 0 spiro atoms. The van der Waals surface area contributed by atoms with Crippen LogP contribution in [0.5, 0.6) is 5.75 Å². The van der Waals surface area contributed by atoms with Gasteiger partial charge in [-0.2, -0.15) is 13.2 Å². The van der Waals surface area contributed by atoms with Crippen LogP contribution >= 0.6 is 0 Å². The molecular formula is C37H51F3N4O6. The maximum Gasteiger partial charge on any atom is 0.416 e. The van der Waals surface area contributed by atoms with Gasteiger partial charge < -0.3 is 35.0 Å². The third-order valence-electron chi connectivity index (χ3n) is 9.56. The summed E-state index contributed by atoms with van der Waals surface area (Å²) in [7, 11) is 1.57. The summed E-state index contributed by atoms with van der Waals surface area (Å²) >= 11 is 0. The van der Waals surface area contributed by atoms with Crippen molar-refractivity contribution in [3.8, 4) is 5.75 Å². The predicted molar refractivity (Wildman–Crippen MR) is 185 cm³/mol. The first kappa shape index (κ1) is 39.0. The van der Waals surface area contributed by atoms with Crippen molar-refractivity contribution in [1.29, 1.82) is 0 Å². The summed E-state index contributed by atoms with van der Waals surface area (Å²) in [6, 6.07) is 8.22. The maximum absolute atomic E-state index is 14.4. The third-order valence-corrected chi connectivity index (χ3v) is 9.56. The van der Waals surface area contributed by atoms with E-state index in [4.69, 9.17) is 9.47 Å². The minimum atomic E-state index is -4.48. The van der Waals surface area contributed by atoms with Crippen LogP contribution in [0.4, 0.5) is 29.3 Å². The number of anilines is 2. The molecule has 50 heavy (non-hydrogen) atoms. The lowest BCUT2D eigenvalue weighted by Crippen LogP contribution is -2.48. The number of carbonyl (C=O) groups excluding carboxylic acids is 3. The lowest BCUT2D eigenvalue weighted by Gasteiger charge is -2.35. The number of hydrogen-bond donors (Lipinski definition) is 3. The maximum atomic E-state index is 14.4. The largest absolute Gasteiger partial charge is 0.490 e. The Bertz CT molecular complexity index is 1430. The Morgan fingerprint density at radius 1 is 0.980 bits per heavy atom. The Morgan fingerprint density at radius 2 is 1.64 bits per heavy atom. The quantitative estimate of drug-likeness (QED) is 0.281. The van der Waals surface area contributed by atoms with Gasteiger partial charge in [-0.25, -0.2) is 4.79 Å². The van der Waals surface area contributed by atoms with Crippen LogP contribution in [0.1, 0.15) is 88.1 Å². The molecule has 276 valence electrons.